The number of ether oxygens (including phenoxy) is 5. The molecule has 0 radical (unpaired) electrons. The third-order valence-corrected chi connectivity index (χ3v) is 16.6. The predicted octanol–water partition coefficient (Wildman–Crippen LogP) is 7.34. The van der Waals surface area contributed by atoms with Gasteiger partial charge in [0.2, 0.25) is 5.88 Å². The fourth-order valence-electron chi connectivity index (χ4n) is 11.5. The van der Waals surface area contributed by atoms with Gasteiger partial charge in [0.1, 0.15) is 28.9 Å². The van der Waals surface area contributed by atoms with Gasteiger partial charge in [0.25, 0.3) is 21.6 Å². The van der Waals surface area contributed by atoms with Gasteiger partial charge in [0.15, 0.2) is 0 Å². The van der Waals surface area contributed by atoms with Crippen LogP contribution >= 0.6 is 0 Å². The summed E-state index contributed by atoms with van der Waals surface area (Å²) < 4.78 is 60.6. The number of aromatic nitrogens is 2. The number of pyridine rings is 1. The number of para-hydroxylation sites is 1. The van der Waals surface area contributed by atoms with Crippen LogP contribution < -0.4 is 29.3 Å². The molecule has 7 heterocycles. The number of aromatic amines is 1. The molecule has 4 saturated heterocycles. The van der Waals surface area contributed by atoms with Crippen molar-refractivity contribution in [2.45, 2.75) is 87.6 Å². The number of rotatable bonds is 13. The summed E-state index contributed by atoms with van der Waals surface area (Å²) in [5.41, 5.74) is 3.91. The third kappa shape index (κ3) is 9.02. The van der Waals surface area contributed by atoms with Crippen molar-refractivity contribution in [3.05, 3.63) is 100 Å². The largest absolute Gasteiger partial charge is 0.491 e. The highest BCUT2D eigenvalue weighted by molar-refractivity contribution is 7.90. The van der Waals surface area contributed by atoms with Gasteiger partial charge in [-0.15, -0.1) is 0 Å². The van der Waals surface area contributed by atoms with Crippen LogP contribution in [0.1, 0.15) is 74.3 Å². The highest BCUT2D eigenvalue weighted by Gasteiger charge is 2.50. The number of hydrogen-bond donors (Lipinski definition) is 3. The molecule has 3 N–H and O–H groups in total. The number of hydrogen-bond acceptors (Lipinski definition) is 15. The Bertz CT molecular complexity index is 2870. The Morgan fingerprint density at radius 1 is 0.943 bits per heavy atom. The lowest BCUT2D eigenvalue weighted by Gasteiger charge is -2.57. The number of nitro benzene ring substituents is 1. The Labute approximate surface area is 407 Å². The van der Waals surface area contributed by atoms with Crippen molar-refractivity contribution in [3.63, 3.8) is 0 Å². The van der Waals surface area contributed by atoms with Gasteiger partial charge in [-0.3, -0.25) is 19.8 Å². The van der Waals surface area contributed by atoms with Crippen molar-refractivity contribution in [1.82, 2.24) is 19.6 Å². The molecule has 11 rings (SSSR count). The number of anilines is 4. The van der Waals surface area contributed by atoms with Crippen LogP contribution in [0.25, 0.3) is 11.0 Å². The minimum Gasteiger partial charge on any atom is -0.491 e. The number of piperidine rings is 1. The summed E-state index contributed by atoms with van der Waals surface area (Å²) in [6, 6.07) is 21.6. The number of benzene rings is 3. The van der Waals surface area contributed by atoms with Gasteiger partial charge < -0.3 is 43.8 Å². The van der Waals surface area contributed by atoms with Crippen LogP contribution in [0.4, 0.5) is 28.4 Å². The minimum absolute atomic E-state index is 0.0695. The van der Waals surface area contributed by atoms with Crippen LogP contribution in [0.5, 0.6) is 11.6 Å². The molecule has 1 amide bonds. The minimum atomic E-state index is -4.60. The van der Waals surface area contributed by atoms with E-state index in [-0.39, 0.29) is 40.8 Å². The fourth-order valence-corrected chi connectivity index (χ4v) is 12.5. The number of fused-ring (bicyclic) bond motifs is 3. The Kier molecular flexibility index (Phi) is 12.6. The van der Waals surface area contributed by atoms with E-state index in [1.807, 2.05) is 35.2 Å². The fraction of sp³-hybridized carbons (Fsp3) is 0.490. The Balaban J connectivity index is 0.860. The first-order valence-corrected chi connectivity index (χ1v) is 26.1. The van der Waals surface area contributed by atoms with E-state index >= 15 is 0 Å². The summed E-state index contributed by atoms with van der Waals surface area (Å²) in [5, 5.41) is 16.3. The maximum atomic E-state index is 14.6. The van der Waals surface area contributed by atoms with Gasteiger partial charge in [-0.1, -0.05) is 18.2 Å². The van der Waals surface area contributed by atoms with Crippen molar-refractivity contribution in [2.75, 3.05) is 80.9 Å². The maximum absolute atomic E-state index is 14.6. The quantitative estimate of drug-likeness (QED) is 0.0781. The molecule has 3 atom stereocenters. The summed E-state index contributed by atoms with van der Waals surface area (Å²) >= 11 is 0. The molecule has 1 spiro atoms. The summed E-state index contributed by atoms with van der Waals surface area (Å²) in [6.45, 7) is 10.3. The van der Waals surface area contributed by atoms with Gasteiger partial charge >= 0.3 is 0 Å². The van der Waals surface area contributed by atoms with Crippen molar-refractivity contribution >= 4 is 55.4 Å². The number of carbonyl (C=O) groups excluding carboxylic acids is 1. The topological polar surface area (TPSA) is 203 Å². The number of H-pyrrole nitrogens is 1. The average molecular weight is 977 g/mol. The first-order valence-electron chi connectivity index (χ1n) is 24.6. The number of nitrogens with zero attached hydrogens (tertiary/aromatic N) is 5. The molecule has 1 aliphatic carbocycles. The van der Waals surface area contributed by atoms with Crippen LogP contribution in [0.3, 0.4) is 0 Å². The molecule has 18 nitrogen and oxygen atoms in total. The van der Waals surface area contributed by atoms with Crippen LogP contribution in [0.2, 0.25) is 0 Å². The number of sulfonamides is 1. The molecule has 2 aromatic heterocycles. The number of amides is 1. The molecular weight excluding hydrogens is 917 g/mol. The van der Waals surface area contributed by atoms with Crippen molar-refractivity contribution in [1.29, 1.82) is 0 Å². The normalized spacial score (nSPS) is 22.9. The summed E-state index contributed by atoms with van der Waals surface area (Å²) in [4.78, 5) is 40.8. The zero-order valence-corrected chi connectivity index (χ0v) is 40.3. The first kappa shape index (κ1) is 46.4. The van der Waals surface area contributed by atoms with Crippen LogP contribution in [-0.2, 0) is 24.2 Å². The van der Waals surface area contributed by atoms with Gasteiger partial charge in [0.05, 0.1) is 65.7 Å². The maximum Gasteiger partial charge on any atom is 0.293 e. The zero-order valence-electron chi connectivity index (χ0n) is 39.5. The van der Waals surface area contributed by atoms with E-state index in [4.69, 9.17) is 28.7 Å². The lowest BCUT2D eigenvalue weighted by molar-refractivity contribution is -0.384. The molecule has 70 heavy (non-hydrogen) atoms. The third-order valence-electron chi connectivity index (χ3n) is 15.3. The van der Waals surface area contributed by atoms with Gasteiger partial charge in [0, 0.05) is 74.3 Å². The average Bonchev–Trinajstić information content (AvgIpc) is 4.03. The molecule has 6 aliphatic rings. The second-order valence-electron chi connectivity index (χ2n) is 20.0. The van der Waals surface area contributed by atoms with Crippen LogP contribution in [0.15, 0.2) is 83.9 Å². The Morgan fingerprint density at radius 2 is 1.76 bits per heavy atom. The first-order chi connectivity index (χ1) is 33.9. The molecule has 1 saturated carbocycles. The molecule has 370 valence electrons. The van der Waals surface area contributed by atoms with Crippen molar-refractivity contribution < 1.29 is 41.8 Å². The van der Waals surface area contributed by atoms with E-state index in [2.05, 4.69) is 56.9 Å². The van der Waals surface area contributed by atoms with Crippen LogP contribution in [-0.4, -0.2) is 124 Å². The number of morpholine rings is 1. The highest BCUT2D eigenvalue weighted by atomic mass is 32.2. The molecule has 19 heteroatoms. The molecule has 0 unspecified atom stereocenters. The zero-order chi connectivity index (χ0) is 48.1. The van der Waals surface area contributed by atoms with E-state index in [9.17, 15) is 23.3 Å². The smallest absolute Gasteiger partial charge is 0.293 e. The second-order valence-corrected chi connectivity index (χ2v) is 21.6. The summed E-state index contributed by atoms with van der Waals surface area (Å²) in [5.74, 6) is 0.661. The monoisotopic (exact) mass is 976 g/mol. The van der Waals surface area contributed by atoms with Gasteiger partial charge in [-0.25, -0.2) is 13.1 Å². The van der Waals surface area contributed by atoms with Crippen molar-refractivity contribution in [3.8, 4) is 11.6 Å². The molecular formula is C51H60N8O10S. The number of nitrogens with one attached hydrogen (secondary N) is 3. The molecule has 5 aliphatic heterocycles. The van der Waals surface area contributed by atoms with Crippen molar-refractivity contribution in [2.24, 2.45) is 11.3 Å². The molecule has 5 aromatic rings. The Hall–Kier alpha value is -5.99. The number of nitro groups is 1. The molecule has 3 aromatic carbocycles. The standard InChI is InChI=1S/C51H60N8O10S/c1-32(2)68-46-6-4-3-5-38(46)44-29-66-22-19-57(44)36-26-51(27-36)14-17-56(18-15-51)35-7-9-39(41(24-35)58-43-23-34-11-16-52-48(34)54-50(43)69-47-31-67-30-45(47)58)49(60)55-70(63,64)37-8-10-40(42(25-37)59(61)62)53-28-33-12-20-65-21-13-33/h3-11,16,23-25,32-33,36,44-45,47,53H,12-15,17-22,26-31H2,1-2H3,(H,52,54)(H,55,60)/t44-,45+,47+/m0/s1. The molecule has 0 bridgehead atoms. The van der Waals surface area contributed by atoms with Gasteiger partial charge in [-0.2, -0.15) is 4.98 Å². The predicted molar refractivity (Wildman–Crippen MR) is 263 cm³/mol. The lowest BCUT2D eigenvalue weighted by Crippen LogP contribution is -2.57. The van der Waals surface area contributed by atoms with E-state index in [0.29, 0.717) is 75.1 Å². The lowest BCUT2D eigenvalue weighted by atomic mass is 9.59. The summed E-state index contributed by atoms with van der Waals surface area (Å²) in [7, 11) is -4.60. The second kappa shape index (κ2) is 19.0. The molecule has 5 fully saturated rings. The van der Waals surface area contributed by atoms with Gasteiger partial charge in [-0.05, 0) is 112 Å². The Morgan fingerprint density at radius 3 is 2.56 bits per heavy atom. The van der Waals surface area contributed by atoms with E-state index in [1.54, 1.807) is 12.3 Å². The highest BCUT2D eigenvalue weighted by Crippen LogP contribution is 2.54. The SMILES string of the molecule is CC(C)Oc1ccccc1[C@@H]1COCCN1C1CC2(CCN(c3ccc(C(=O)NS(=O)(=O)c4ccc(NCC5CCOCC5)c([N+](=O)[O-])c4)c(N4c5cc6cc[nH]c6nc5O[C@@H]5COC[C@H]54)c3)CC2)C1. The summed E-state index contributed by atoms with van der Waals surface area (Å²) in [6.07, 6.45) is 7.32. The van der Waals surface area contributed by atoms with E-state index in [0.717, 1.165) is 81.0 Å². The number of carbonyl (C=O) groups is 1. The van der Waals surface area contributed by atoms with E-state index in [1.165, 1.54) is 17.7 Å². The van der Waals surface area contributed by atoms with E-state index < -0.39 is 37.5 Å². The van der Waals surface area contributed by atoms with Crippen LogP contribution in [0, 0.1) is 21.4 Å².